The number of carboxylic acids is 1. The predicted molar refractivity (Wildman–Crippen MR) is 129 cm³/mol. The van der Waals surface area contributed by atoms with E-state index in [1.165, 1.54) is 5.56 Å². The molecule has 7 heteroatoms. The van der Waals surface area contributed by atoms with Crippen molar-refractivity contribution in [3.63, 3.8) is 0 Å². The number of carbonyl (C=O) groups is 2. The van der Waals surface area contributed by atoms with Gasteiger partial charge in [0.25, 0.3) is 0 Å². The second-order valence-corrected chi connectivity index (χ2v) is 9.38. The molecule has 4 rings (SSSR count). The van der Waals surface area contributed by atoms with Crippen LogP contribution in [0.4, 0.5) is 5.82 Å². The minimum absolute atomic E-state index is 0. The average Bonchev–Trinajstić information content (AvgIpc) is 3.15. The number of fused-ring (bicyclic) bond motifs is 1. The molecule has 0 aliphatic heterocycles. The number of aromatic nitrogens is 1. The summed E-state index contributed by atoms with van der Waals surface area (Å²) in [5.74, 6) is -0.191. The summed E-state index contributed by atoms with van der Waals surface area (Å²) in [6.45, 7) is 0. The number of para-hydroxylation sites is 1. The molecule has 0 atom stereocenters. The van der Waals surface area contributed by atoms with E-state index in [4.69, 9.17) is 0 Å². The van der Waals surface area contributed by atoms with E-state index in [9.17, 15) is 14.7 Å². The van der Waals surface area contributed by atoms with E-state index >= 15 is 0 Å². The zero-order chi connectivity index (χ0) is 23.4. The number of nitrogens with zero attached hydrogens (tertiary/aromatic N) is 1. The molecule has 0 unspecified atom stereocenters. The number of nitrogens with one attached hydrogen (secondary N) is 2. The van der Waals surface area contributed by atoms with Crippen molar-refractivity contribution >= 4 is 28.6 Å². The fourth-order valence-electron chi connectivity index (χ4n) is 5.35. The van der Waals surface area contributed by atoms with Gasteiger partial charge in [-0.3, -0.25) is 9.69 Å². The SMILES string of the molecule is CN(C)C1(c2ccccc2)CCC(CC(=O)Nc2[nH]c3ccccc3c2CCC(=O)[O-])CC1.[K+]. The monoisotopic (exact) mass is 485 g/mol. The number of aromatic amines is 1. The van der Waals surface area contributed by atoms with Gasteiger partial charge in [0.15, 0.2) is 0 Å². The van der Waals surface area contributed by atoms with E-state index in [-0.39, 0.29) is 69.3 Å². The molecule has 0 saturated heterocycles. The molecule has 1 saturated carbocycles. The Morgan fingerprint density at radius 2 is 1.71 bits per heavy atom. The van der Waals surface area contributed by atoms with E-state index in [1.807, 2.05) is 30.3 Å². The maximum atomic E-state index is 12.9. The molecule has 1 heterocycles. The second-order valence-electron chi connectivity index (χ2n) is 9.38. The summed E-state index contributed by atoms with van der Waals surface area (Å²) in [6, 6.07) is 18.4. The van der Waals surface area contributed by atoms with Crippen LogP contribution in [0.25, 0.3) is 10.9 Å². The van der Waals surface area contributed by atoms with Crippen molar-refractivity contribution in [2.75, 3.05) is 19.4 Å². The number of anilines is 1. The average molecular weight is 486 g/mol. The fraction of sp³-hybridized carbons (Fsp3) is 0.407. The number of aryl methyl sites for hydroxylation is 1. The Balaban J connectivity index is 0.00000324. The summed E-state index contributed by atoms with van der Waals surface area (Å²) in [5.41, 5.74) is 3.07. The Hall–Kier alpha value is -1.48. The molecule has 174 valence electrons. The van der Waals surface area contributed by atoms with E-state index in [2.05, 4.69) is 53.6 Å². The van der Waals surface area contributed by atoms with Crippen molar-refractivity contribution in [1.82, 2.24) is 9.88 Å². The van der Waals surface area contributed by atoms with Gasteiger partial charge in [0.05, 0.1) is 0 Å². The second kappa shape index (κ2) is 12.0. The topological polar surface area (TPSA) is 88.3 Å². The van der Waals surface area contributed by atoms with Crippen LogP contribution in [0.2, 0.25) is 0 Å². The van der Waals surface area contributed by atoms with Gasteiger partial charge in [-0.05, 0) is 70.2 Å². The first kappa shape index (κ1) is 27.1. The molecule has 0 radical (unpaired) electrons. The van der Waals surface area contributed by atoms with Gasteiger partial charge in [0, 0.05) is 34.4 Å². The molecule has 0 spiro atoms. The van der Waals surface area contributed by atoms with Crippen LogP contribution in [0.3, 0.4) is 0 Å². The number of H-pyrrole nitrogens is 1. The third-order valence-electron chi connectivity index (χ3n) is 7.23. The minimum Gasteiger partial charge on any atom is -0.550 e. The largest absolute Gasteiger partial charge is 1.00 e. The Kier molecular flexibility index (Phi) is 9.54. The Morgan fingerprint density at radius 3 is 2.35 bits per heavy atom. The molecule has 1 aliphatic carbocycles. The number of carboxylic acid groups (broad SMARTS) is 1. The molecule has 1 aromatic heterocycles. The number of amides is 1. The number of carbonyl (C=O) groups excluding carboxylic acids is 2. The molecule has 3 aromatic rings. The van der Waals surface area contributed by atoms with E-state index < -0.39 is 5.97 Å². The smallest absolute Gasteiger partial charge is 0.550 e. The molecule has 2 aromatic carbocycles. The van der Waals surface area contributed by atoms with Gasteiger partial charge in [0.1, 0.15) is 5.82 Å². The van der Waals surface area contributed by atoms with Crippen LogP contribution in [0.1, 0.15) is 49.7 Å². The summed E-state index contributed by atoms with van der Waals surface area (Å²) < 4.78 is 0. The predicted octanol–water partition coefficient (Wildman–Crippen LogP) is 0.830. The number of hydrogen-bond acceptors (Lipinski definition) is 4. The zero-order valence-corrected chi connectivity index (χ0v) is 23.5. The van der Waals surface area contributed by atoms with Gasteiger partial charge < -0.3 is 20.2 Å². The maximum absolute atomic E-state index is 12.9. The number of aliphatic carboxylic acids is 1. The molecule has 34 heavy (non-hydrogen) atoms. The molecule has 1 aliphatic rings. The molecule has 0 bridgehead atoms. The zero-order valence-electron chi connectivity index (χ0n) is 20.4. The van der Waals surface area contributed by atoms with Crippen LogP contribution >= 0.6 is 0 Å². The van der Waals surface area contributed by atoms with Crippen molar-refractivity contribution in [2.24, 2.45) is 5.92 Å². The van der Waals surface area contributed by atoms with Crippen LogP contribution in [0, 0.1) is 5.92 Å². The Labute approximate surface area is 243 Å². The van der Waals surface area contributed by atoms with Gasteiger partial charge in [-0.25, -0.2) is 0 Å². The van der Waals surface area contributed by atoms with Gasteiger partial charge in [-0.2, -0.15) is 0 Å². The van der Waals surface area contributed by atoms with Crippen LogP contribution in [0.15, 0.2) is 54.6 Å². The van der Waals surface area contributed by atoms with Crippen molar-refractivity contribution in [1.29, 1.82) is 0 Å². The normalized spacial score (nSPS) is 20.1. The van der Waals surface area contributed by atoms with Crippen LogP contribution < -0.4 is 61.8 Å². The summed E-state index contributed by atoms with van der Waals surface area (Å²) in [4.78, 5) is 29.5. The first-order chi connectivity index (χ1) is 15.9. The van der Waals surface area contributed by atoms with Gasteiger partial charge >= 0.3 is 51.4 Å². The molecule has 2 N–H and O–H groups in total. The van der Waals surface area contributed by atoms with Crippen molar-refractivity contribution in [3.8, 4) is 0 Å². The third kappa shape index (κ3) is 6.01. The molecular formula is C27H32KN3O3. The van der Waals surface area contributed by atoms with Crippen molar-refractivity contribution in [2.45, 2.75) is 50.5 Å². The summed E-state index contributed by atoms with van der Waals surface area (Å²) in [6.07, 6.45) is 4.72. The third-order valence-corrected chi connectivity index (χ3v) is 7.23. The first-order valence-corrected chi connectivity index (χ1v) is 11.7. The molecule has 6 nitrogen and oxygen atoms in total. The maximum Gasteiger partial charge on any atom is 1.00 e. The van der Waals surface area contributed by atoms with E-state index in [1.54, 1.807) is 0 Å². The Morgan fingerprint density at radius 1 is 1.06 bits per heavy atom. The van der Waals surface area contributed by atoms with Crippen molar-refractivity contribution < 1.29 is 66.1 Å². The number of rotatable bonds is 8. The molecule has 1 fully saturated rings. The van der Waals surface area contributed by atoms with Crippen LogP contribution in [-0.4, -0.2) is 35.9 Å². The first-order valence-electron chi connectivity index (χ1n) is 11.7. The van der Waals surface area contributed by atoms with E-state index in [0.29, 0.717) is 24.6 Å². The molecule has 1 amide bonds. The summed E-state index contributed by atoms with van der Waals surface area (Å²) in [7, 11) is 4.29. The standard InChI is InChI=1S/C27H33N3O3.K/c1-30(2)27(20-8-4-3-5-9-20)16-14-19(15-17-27)18-24(31)29-26-22(12-13-25(32)33)21-10-6-7-11-23(21)28-26;/h3-11,19,28H,12-18H2,1-2H3,(H,29,31)(H,32,33);/q;+1/p-1. The van der Waals surface area contributed by atoms with Gasteiger partial charge in [-0.1, -0.05) is 48.5 Å². The van der Waals surface area contributed by atoms with Gasteiger partial charge in [0.2, 0.25) is 5.91 Å². The van der Waals surface area contributed by atoms with Gasteiger partial charge in [-0.15, -0.1) is 0 Å². The summed E-state index contributed by atoms with van der Waals surface area (Å²) >= 11 is 0. The number of benzene rings is 2. The quantitative estimate of drug-likeness (QED) is 0.463. The molecular weight excluding hydrogens is 453 g/mol. The number of hydrogen-bond donors (Lipinski definition) is 2. The van der Waals surface area contributed by atoms with Crippen LogP contribution in [-0.2, 0) is 21.5 Å². The Bertz CT molecular complexity index is 1120. The van der Waals surface area contributed by atoms with Crippen molar-refractivity contribution in [3.05, 3.63) is 65.7 Å². The minimum atomic E-state index is -1.09. The van der Waals surface area contributed by atoms with E-state index in [0.717, 1.165) is 42.1 Å². The summed E-state index contributed by atoms with van der Waals surface area (Å²) in [5, 5.41) is 15.0. The van der Waals surface area contributed by atoms with Crippen LogP contribution in [0.5, 0.6) is 0 Å². The fourth-order valence-corrected chi connectivity index (χ4v) is 5.35.